The van der Waals surface area contributed by atoms with E-state index in [0.29, 0.717) is 12.0 Å². The molecule has 0 heterocycles. The van der Waals surface area contributed by atoms with Crippen LogP contribution in [0.5, 0.6) is 5.75 Å². The summed E-state index contributed by atoms with van der Waals surface area (Å²) in [4.78, 5) is 0. The van der Waals surface area contributed by atoms with Crippen LogP contribution in [-0.2, 0) is 0 Å². The molecule has 13 heavy (non-hydrogen) atoms. The largest absolute Gasteiger partial charge is 0.504 e. The Morgan fingerprint density at radius 2 is 2.15 bits per heavy atom. The summed E-state index contributed by atoms with van der Waals surface area (Å²) in [5, 5.41) is 17.7. The molecule has 0 atom stereocenters. The summed E-state index contributed by atoms with van der Waals surface area (Å²) in [6.07, 6.45) is 3.75. The molecule has 0 aliphatic carbocycles. The van der Waals surface area contributed by atoms with Gasteiger partial charge in [0.25, 0.3) is 0 Å². The van der Waals surface area contributed by atoms with Gasteiger partial charge >= 0.3 is 0 Å². The van der Waals surface area contributed by atoms with Crippen LogP contribution in [-0.4, -0.2) is 16.8 Å². The second-order valence-corrected chi connectivity index (χ2v) is 2.59. The van der Waals surface area contributed by atoms with Gasteiger partial charge in [0.1, 0.15) is 0 Å². The summed E-state index contributed by atoms with van der Waals surface area (Å²) >= 11 is 0. The van der Waals surface area contributed by atoms with Crippen molar-refractivity contribution in [2.45, 2.75) is 6.42 Å². The number of aliphatic hydroxyl groups excluding tert-OH is 1. The van der Waals surface area contributed by atoms with Crippen molar-refractivity contribution in [2.24, 2.45) is 0 Å². The maximum atomic E-state index is 12.8. The van der Waals surface area contributed by atoms with E-state index in [1.165, 1.54) is 12.1 Å². The van der Waals surface area contributed by atoms with E-state index in [9.17, 15) is 9.50 Å². The zero-order chi connectivity index (χ0) is 9.68. The van der Waals surface area contributed by atoms with Crippen LogP contribution in [0, 0.1) is 5.82 Å². The second-order valence-electron chi connectivity index (χ2n) is 2.59. The van der Waals surface area contributed by atoms with E-state index < -0.39 is 5.82 Å². The molecule has 2 N–H and O–H groups in total. The van der Waals surface area contributed by atoms with Gasteiger partial charge in [-0.05, 0) is 12.5 Å². The number of hydrogen-bond acceptors (Lipinski definition) is 2. The highest BCUT2D eigenvalue weighted by Crippen LogP contribution is 2.21. The Balaban J connectivity index is 2.83. The van der Waals surface area contributed by atoms with E-state index in [0.717, 1.165) is 0 Å². The molecule has 0 spiro atoms. The molecule has 0 aliphatic rings. The maximum absolute atomic E-state index is 12.8. The topological polar surface area (TPSA) is 40.5 Å². The molecule has 1 aromatic carbocycles. The molecule has 0 aromatic heterocycles. The fraction of sp³-hybridized carbons (Fsp3) is 0.200. The van der Waals surface area contributed by atoms with Crippen LogP contribution in [0.2, 0.25) is 0 Å². The van der Waals surface area contributed by atoms with Crippen LogP contribution in [0.1, 0.15) is 12.0 Å². The van der Waals surface area contributed by atoms with Gasteiger partial charge < -0.3 is 10.2 Å². The van der Waals surface area contributed by atoms with E-state index in [-0.39, 0.29) is 12.4 Å². The summed E-state index contributed by atoms with van der Waals surface area (Å²) < 4.78 is 12.8. The van der Waals surface area contributed by atoms with Crippen molar-refractivity contribution in [1.29, 1.82) is 0 Å². The Morgan fingerprint density at radius 1 is 1.38 bits per heavy atom. The van der Waals surface area contributed by atoms with Gasteiger partial charge in [0.2, 0.25) is 0 Å². The first-order valence-electron chi connectivity index (χ1n) is 4.00. The average Bonchev–Trinajstić information content (AvgIpc) is 2.13. The molecule has 1 aromatic rings. The zero-order valence-electron chi connectivity index (χ0n) is 7.07. The SMILES string of the molecule is OCCC=Cc1cccc(F)c1O. The maximum Gasteiger partial charge on any atom is 0.165 e. The van der Waals surface area contributed by atoms with E-state index in [4.69, 9.17) is 5.11 Å². The van der Waals surface area contributed by atoms with Crippen LogP contribution in [0.4, 0.5) is 4.39 Å². The van der Waals surface area contributed by atoms with Gasteiger partial charge in [0, 0.05) is 12.2 Å². The third kappa shape index (κ3) is 2.56. The lowest BCUT2D eigenvalue weighted by molar-refractivity contribution is 0.303. The standard InChI is InChI=1S/C10H11FO2/c11-9-6-3-5-8(10(9)13)4-1-2-7-12/h1,3-6,12-13H,2,7H2. The highest BCUT2D eigenvalue weighted by molar-refractivity contribution is 5.56. The number of phenolic OH excluding ortho intramolecular Hbond substituents is 1. The molecule has 3 heteroatoms. The van der Waals surface area contributed by atoms with Gasteiger partial charge in [-0.1, -0.05) is 24.3 Å². The van der Waals surface area contributed by atoms with Crippen LogP contribution in [0.25, 0.3) is 6.08 Å². The summed E-state index contributed by atoms with van der Waals surface area (Å²) in [5.74, 6) is -0.983. The molecular weight excluding hydrogens is 171 g/mol. The molecule has 2 nitrogen and oxygen atoms in total. The molecular formula is C10H11FO2. The monoisotopic (exact) mass is 182 g/mol. The number of para-hydroxylation sites is 1. The Bertz CT molecular complexity index is 308. The van der Waals surface area contributed by atoms with E-state index in [1.807, 2.05) is 0 Å². The fourth-order valence-electron chi connectivity index (χ4n) is 0.951. The molecule has 70 valence electrons. The predicted octanol–water partition coefficient (Wildman–Crippen LogP) is 1.93. The minimum atomic E-state index is -0.633. The minimum Gasteiger partial charge on any atom is -0.504 e. The highest BCUT2D eigenvalue weighted by atomic mass is 19.1. The summed E-state index contributed by atoms with van der Waals surface area (Å²) in [7, 11) is 0. The third-order valence-corrected chi connectivity index (χ3v) is 1.61. The highest BCUT2D eigenvalue weighted by Gasteiger charge is 2.01. The molecule has 0 aliphatic heterocycles. The Labute approximate surface area is 76.0 Å². The molecule has 0 unspecified atom stereocenters. The van der Waals surface area contributed by atoms with E-state index in [1.54, 1.807) is 18.2 Å². The van der Waals surface area contributed by atoms with Crippen LogP contribution < -0.4 is 0 Å². The quantitative estimate of drug-likeness (QED) is 0.749. The van der Waals surface area contributed by atoms with Gasteiger partial charge in [-0.2, -0.15) is 0 Å². The molecule has 0 radical (unpaired) electrons. The van der Waals surface area contributed by atoms with E-state index >= 15 is 0 Å². The Kier molecular flexibility index (Phi) is 3.46. The summed E-state index contributed by atoms with van der Waals surface area (Å²) in [6.45, 7) is 0.0482. The number of hydrogen-bond donors (Lipinski definition) is 2. The first-order valence-corrected chi connectivity index (χ1v) is 4.00. The third-order valence-electron chi connectivity index (χ3n) is 1.61. The normalized spacial score (nSPS) is 10.9. The van der Waals surface area contributed by atoms with Crippen molar-refractivity contribution in [1.82, 2.24) is 0 Å². The number of benzene rings is 1. The number of halogens is 1. The molecule has 0 bridgehead atoms. The molecule has 1 rings (SSSR count). The molecule has 0 saturated heterocycles. The molecule has 0 fully saturated rings. The molecule has 0 amide bonds. The first kappa shape index (κ1) is 9.74. The molecule has 0 saturated carbocycles. The summed E-state index contributed by atoms with van der Waals surface area (Å²) in [5.41, 5.74) is 0.424. The van der Waals surface area contributed by atoms with Crippen LogP contribution >= 0.6 is 0 Å². The van der Waals surface area contributed by atoms with Gasteiger partial charge in [0.15, 0.2) is 11.6 Å². The van der Waals surface area contributed by atoms with Crippen LogP contribution in [0.3, 0.4) is 0 Å². The lowest BCUT2D eigenvalue weighted by Gasteiger charge is -1.98. The van der Waals surface area contributed by atoms with Crippen molar-refractivity contribution < 1.29 is 14.6 Å². The zero-order valence-corrected chi connectivity index (χ0v) is 7.07. The Hall–Kier alpha value is -1.35. The van der Waals surface area contributed by atoms with Crippen molar-refractivity contribution >= 4 is 6.08 Å². The Morgan fingerprint density at radius 3 is 2.85 bits per heavy atom. The van der Waals surface area contributed by atoms with Gasteiger partial charge in [-0.15, -0.1) is 0 Å². The fourth-order valence-corrected chi connectivity index (χ4v) is 0.951. The average molecular weight is 182 g/mol. The predicted molar refractivity (Wildman–Crippen MR) is 48.8 cm³/mol. The van der Waals surface area contributed by atoms with Crippen LogP contribution in [0.15, 0.2) is 24.3 Å². The number of rotatable bonds is 3. The van der Waals surface area contributed by atoms with Gasteiger partial charge in [-0.3, -0.25) is 0 Å². The number of aromatic hydroxyl groups is 1. The van der Waals surface area contributed by atoms with Crippen molar-refractivity contribution in [3.63, 3.8) is 0 Å². The second kappa shape index (κ2) is 4.62. The number of phenols is 1. The van der Waals surface area contributed by atoms with Gasteiger partial charge in [0.05, 0.1) is 0 Å². The number of aliphatic hydroxyl groups is 1. The van der Waals surface area contributed by atoms with Crippen molar-refractivity contribution in [3.8, 4) is 5.75 Å². The van der Waals surface area contributed by atoms with E-state index in [2.05, 4.69) is 0 Å². The van der Waals surface area contributed by atoms with Crippen molar-refractivity contribution in [2.75, 3.05) is 6.61 Å². The lowest BCUT2D eigenvalue weighted by Crippen LogP contribution is -1.80. The minimum absolute atomic E-state index is 0.0482. The van der Waals surface area contributed by atoms with Gasteiger partial charge in [-0.25, -0.2) is 4.39 Å². The van der Waals surface area contributed by atoms with Crippen molar-refractivity contribution in [3.05, 3.63) is 35.7 Å². The lowest BCUT2D eigenvalue weighted by atomic mass is 10.1. The smallest absolute Gasteiger partial charge is 0.165 e. The summed E-state index contributed by atoms with van der Waals surface area (Å²) in [6, 6.07) is 4.32. The first-order chi connectivity index (χ1) is 6.25.